The fourth-order valence-electron chi connectivity index (χ4n) is 2.37. The van der Waals surface area contributed by atoms with Crippen LogP contribution in [0.1, 0.15) is 36.5 Å². The van der Waals surface area contributed by atoms with Crippen LogP contribution in [0.25, 0.3) is 0 Å². The molecule has 1 N–H and O–H groups in total. The maximum atomic E-state index is 12.2. The highest BCUT2D eigenvalue weighted by molar-refractivity contribution is 8.00. The second-order valence-corrected chi connectivity index (χ2v) is 6.29. The number of carboxylic acids is 1. The maximum absolute atomic E-state index is 12.2. The molecule has 1 fully saturated rings. The zero-order valence-corrected chi connectivity index (χ0v) is 11.9. The summed E-state index contributed by atoms with van der Waals surface area (Å²) < 4.78 is 40.5. The highest BCUT2D eigenvalue weighted by atomic mass is 32.2. The Hall–Kier alpha value is -1.37. The molecule has 0 amide bonds. The number of ether oxygens (including phenoxy) is 1. The minimum absolute atomic E-state index is 0.248. The van der Waals surface area contributed by atoms with Crippen LogP contribution in [0.2, 0.25) is 0 Å². The Morgan fingerprint density at radius 3 is 2.57 bits per heavy atom. The second kappa shape index (κ2) is 6.60. The molecule has 1 aromatic rings. The average molecular weight is 320 g/mol. The van der Waals surface area contributed by atoms with Gasteiger partial charge in [0, 0.05) is 5.25 Å². The fourth-order valence-corrected chi connectivity index (χ4v) is 3.78. The Bertz CT molecular complexity index is 498. The highest BCUT2D eigenvalue weighted by Crippen LogP contribution is 2.40. The molecule has 0 aliphatic heterocycles. The minimum atomic E-state index is -4.78. The summed E-state index contributed by atoms with van der Waals surface area (Å²) in [6.07, 6.45) is -0.737. The van der Waals surface area contributed by atoms with Crippen LogP contribution in [0.5, 0.6) is 5.75 Å². The number of carbonyl (C=O) groups is 1. The number of hydrogen-bond acceptors (Lipinski definition) is 3. The second-order valence-electron chi connectivity index (χ2n) is 4.88. The van der Waals surface area contributed by atoms with Crippen LogP contribution in [-0.4, -0.2) is 22.7 Å². The molecule has 1 atom stereocenters. The number of benzene rings is 1. The Morgan fingerprint density at radius 2 is 2.00 bits per heavy atom. The van der Waals surface area contributed by atoms with E-state index in [0.29, 0.717) is 5.56 Å². The predicted octanol–water partition coefficient (Wildman–Crippen LogP) is 4.39. The molecule has 0 radical (unpaired) electrons. The fraction of sp³-hybridized carbons (Fsp3) is 0.500. The molecule has 3 nitrogen and oxygen atoms in total. The van der Waals surface area contributed by atoms with Gasteiger partial charge in [-0.3, -0.25) is 4.79 Å². The van der Waals surface area contributed by atoms with E-state index in [9.17, 15) is 23.1 Å². The molecule has 1 aromatic carbocycles. The molecular weight excluding hydrogens is 305 g/mol. The highest BCUT2D eigenvalue weighted by Gasteiger charge is 2.32. The van der Waals surface area contributed by atoms with Crippen molar-refractivity contribution in [3.63, 3.8) is 0 Å². The van der Waals surface area contributed by atoms with Crippen molar-refractivity contribution in [3.05, 3.63) is 29.8 Å². The number of alkyl halides is 3. The SMILES string of the molecule is O=C(O)[C@@H](SC1CCCC1)c1cccc(OC(F)(F)F)c1. The molecule has 1 aliphatic rings. The number of hydrogen-bond donors (Lipinski definition) is 1. The van der Waals surface area contributed by atoms with E-state index in [1.54, 1.807) is 0 Å². The van der Waals surface area contributed by atoms with Crippen molar-refractivity contribution >= 4 is 17.7 Å². The van der Waals surface area contributed by atoms with Crippen LogP contribution < -0.4 is 4.74 Å². The summed E-state index contributed by atoms with van der Waals surface area (Å²) in [6.45, 7) is 0. The number of thioether (sulfide) groups is 1. The number of carboxylic acid groups (broad SMARTS) is 1. The summed E-state index contributed by atoms with van der Waals surface area (Å²) in [7, 11) is 0. The van der Waals surface area contributed by atoms with Crippen molar-refractivity contribution in [1.29, 1.82) is 0 Å². The lowest BCUT2D eigenvalue weighted by atomic mass is 10.1. The van der Waals surface area contributed by atoms with Crippen LogP contribution in [-0.2, 0) is 4.79 Å². The first-order chi connectivity index (χ1) is 9.85. The van der Waals surface area contributed by atoms with Crippen molar-refractivity contribution < 1.29 is 27.8 Å². The van der Waals surface area contributed by atoms with Crippen molar-refractivity contribution in [1.82, 2.24) is 0 Å². The zero-order valence-electron chi connectivity index (χ0n) is 11.1. The van der Waals surface area contributed by atoms with E-state index >= 15 is 0 Å². The van der Waals surface area contributed by atoms with Crippen LogP contribution in [0, 0.1) is 0 Å². The molecule has 0 unspecified atom stereocenters. The summed E-state index contributed by atoms with van der Waals surface area (Å²) in [5, 5.41) is 8.70. The molecule has 116 valence electrons. The summed E-state index contributed by atoms with van der Waals surface area (Å²) in [6, 6.07) is 5.20. The Balaban J connectivity index is 2.15. The van der Waals surface area contributed by atoms with E-state index in [-0.39, 0.29) is 5.25 Å². The standard InChI is InChI=1S/C14H15F3O3S/c15-14(16,17)20-10-5-3-4-9(8-10)12(13(18)19)21-11-6-1-2-7-11/h3-5,8,11-12H,1-2,6-7H2,(H,18,19)/t12-/m0/s1. The Morgan fingerprint density at radius 1 is 1.33 bits per heavy atom. The third kappa shape index (κ3) is 4.84. The topological polar surface area (TPSA) is 46.5 Å². The molecular formula is C14H15F3O3S. The van der Waals surface area contributed by atoms with Gasteiger partial charge in [-0.2, -0.15) is 0 Å². The smallest absolute Gasteiger partial charge is 0.480 e. The summed E-state index contributed by atoms with van der Waals surface area (Å²) in [4.78, 5) is 11.4. The van der Waals surface area contributed by atoms with E-state index in [0.717, 1.165) is 37.8 Å². The van der Waals surface area contributed by atoms with Crippen LogP contribution in [0.15, 0.2) is 24.3 Å². The predicted molar refractivity (Wildman–Crippen MR) is 73.3 cm³/mol. The molecule has 1 aliphatic carbocycles. The van der Waals surface area contributed by atoms with Gasteiger partial charge in [-0.1, -0.05) is 25.0 Å². The lowest BCUT2D eigenvalue weighted by Gasteiger charge is -2.18. The molecule has 0 saturated heterocycles. The first-order valence-corrected chi connectivity index (χ1v) is 7.53. The van der Waals surface area contributed by atoms with Gasteiger partial charge in [0.1, 0.15) is 11.0 Å². The van der Waals surface area contributed by atoms with E-state index in [2.05, 4.69) is 4.74 Å². The summed E-state index contributed by atoms with van der Waals surface area (Å²) >= 11 is 1.30. The normalized spacial score (nSPS) is 17.7. The molecule has 2 rings (SSSR count). The molecule has 0 spiro atoms. The molecule has 21 heavy (non-hydrogen) atoms. The minimum Gasteiger partial charge on any atom is -0.480 e. The van der Waals surface area contributed by atoms with Gasteiger partial charge in [0.25, 0.3) is 0 Å². The van der Waals surface area contributed by atoms with Crippen molar-refractivity contribution in [3.8, 4) is 5.75 Å². The zero-order chi connectivity index (χ0) is 15.5. The quantitative estimate of drug-likeness (QED) is 0.874. The lowest BCUT2D eigenvalue weighted by Crippen LogP contribution is -2.17. The van der Waals surface area contributed by atoms with E-state index in [1.165, 1.54) is 23.9 Å². The Kier molecular flexibility index (Phi) is 5.03. The molecule has 0 aromatic heterocycles. The third-order valence-electron chi connectivity index (χ3n) is 3.25. The van der Waals surface area contributed by atoms with Crippen molar-refractivity contribution in [2.24, 2.45) is 0 Å². The van der Waals surface area contributed by atoms with E-state index < -0.39 is 23.3 Å². The number of rotatable bonds is 5. The largest absolute Gasteiger partial charge is 0.573 e. The molecule has 7 heteroatoms. The van der Waals surface area contributed by atoms with Crippen LogP contribution >= 0.6 is 11.8 Å². The molecule has 0 bridgehead atoms. The molecule has 0 heterocycles. The first-order valence-electron chi connectivity index (χ1n) is 6.59. The summed E-state index contributed by atoms with van der Waals surface area (Å²) in [5.74, 6) is -1.44. The molecule has 1 saturated carbocycles. The maximum Gasteiger partial charge on any atom is 0.573 e. The van der Waals surface area contributed by atoms with Crippen LogP contribution in [0.4, 0.5) is 13.2 Å². The van der Waals surface area contributed by atoms with Crippen molar-refractivity contribution in [2.75, 3.05) is 0 Å². The van der Waals surface area contributed by atoms with Gasteiger partial charge < -0.3 is 9.84 Å². The first kappa shape index (κ1) is 16.0. The third-order valence-corrected chi connectivity index (χ3v) is 4.85. The van der Waals surface area contributed by atoms with Gasteiger partial charge in [0.05, 0.1) is 0 Å². The van der Waals surface area contributed by atoms with Gasteiger partial charge in [-0.05, 0) is 30.5 Å². The summed E-state index contributed by atoms with van der Waals surface area (Å²) in [5.41, 5.74) is 0.321. The van der Waals surface area contributed by atoms with Gasteiger partial charge in [0.15, 0.2) is 0 Å². The van der Waals surface area contributed by atoms with Gasteiger partial charge in [0.2, 0.25) is 0 Å². The van der Waals surface area contributed by atoms with Gasteiger partial charge >= 0.3 is 12.3 Å². The van der Waals surface area contributed by atoms with Crippen molar-refractivity contribution in [2.45, 2.75) is 42.5 Å². The average Bonchev–Trinajstić information content (AvgIpc) is 2.86. The van der Waals surface area contributed by atoms with E-state index in [4.69, 9.17) is 0 Å². The van der Waals surface area contributed by atoms with Gasteiger partial charge in [-0.25, -0.2) is 0 Å². The number of aliphatic carboxylic acids is 1. The lowest BCUT2D eigenvalue weighted by molar-refractivity contribution is -0.274. The van der Waals surface area contributed by atoms with Crippen LogP contribution in [0.3, 0.4) is 0 Å². The Labute approximate surface area is 124 Å². The number of halogens is 3. The van der Waals surface area contributed by atoms with Gasteiger partial charge in [-0.15, -0.1) is 24.9 Å². The van der Waals surface area contributed by atoms with E-state index in [1.807, 2.05) is 0 Å². The monoisotopic (exact) mass is 320 g/mol.